The van der Waals surface area contributed by atoms with E-state index in [4.69, 9.17) is 0 Å². The van der Waals surface area contributed by atoms with Crippen LogP contribution in [0.1, 0.15) is 69.1 Å². The maximum atomic E-state index is 12.3. The van der Waals surface area contributed by atoms with E-state index in [0.717, 1.165) is 18.5 Å². The second-order valence-corrected chi connectivity index (χ2v) is 6.10. The van der Waals surface area contributed by atoms with Crippen molar-refractivity contribution in [1.29, 1.82) is 0 Å². The number of carbonyl (C=O) groups excluding carboxylic acids is 1. The van der Waals surface area contributed by atoms with Crippen LogP contribution in [-0.4, -0.2) is 33.9 Å². The average Bonchev–Trinajstić information content (AvgIpc) is 2.85. The Morgan fingerprint density at radius 2 is 2.05 bits per heavy atom. The number of nitrogens with one attached hydrogen (secondary N) is 1. The summed E-state index contributed by atoms with van der Waals surface area (Å²) in [7, 11) is 1.79. The fraction of sp³-hybridized carbons (Fsp3) is 0.750. The maximum absolute atomic E-state index is 12.3. The molecule has 0 radical (unpaired) electrons. The molecule has 5 nitrogen and oxygen atoms in total. The molecule has 21 heavy (non-hydrogen) atoms. The number of carbonyl (C=O) groups is 1. The second-order valence-electron chi connectivity index (χ2n) is 6.10. The van der Waals surface area contributed by atoms with Crippen LogP contribution in [0.3, 0.4) is 0 Å². The molecule has 5 heteroatoms. The number of aliphatic hydroxyl groups excluding tert-OH is 1. The van der Waals surface area contributed by atoms with Crippen LogP contribution in [0.25, 0.3) is 0 Å². The van der Waals surface area contributed by atoms with Crippen LogP contribution in [0.4, 0.5) is 0 Å². The molecule has 1 aromatic rings. The first-order chi connectivity index (χ1) is 9.89. The van der Waals surface area contributed by atoms with Crippen molar-refractivity contribution in [2.45, 2.75) is 52.9 Å². The Labute approximate surface area is 127 Å². The van der Waals surface area contributed by atoms with E-state index in [-0.39, 0.29) is 17.9 Å². The molecule has 0 aliphatic heterocycles. The molecule has 1 amide bonds. The zero-order chi connectivity index (χ0) is 16.0. The number of aryl methyl sites for hydroxylation is 1. The molecule has 1 heterocycles. The Balaban J connectivity index is 2.77. The Morgan fingerprint density at radius 1 is 1.43 bits per heavy atom. The molecule has 0 spiro atoms. The lowest BCUT2D eigenvalue weighted by molar-refractivity contribution is 0.0898. The summed E-state index contributed by atoms with van der Waals surface area (Å²) in [5, 5.41) is 16.6. The molecule has 0 saturated heterocycles. The van der Waals surface area contributed by atoms with Gasteiger partial charge in [0.25, 0.3) is 5.91 Å². The highest BCUT2D eigenvalue weighted by molar-refractivity contribution is 5.92. The smallest absolute Gasteiger partial charge is 0.269 e. The first-order valence-corrected chi connectivity index (χ1v) is 7.82. The summed E-state index contributed by atoms with van der Waals surface area (Å²) < 4.78 is 1.64. The van der Waals surface area contributed by atoms with E-state index in [9.17, 15) is 9.90 Å². The molecule has 0 atom stereocenters. The summed E-state index contributed by atoms with van der Waals surface area (Å²) in [5.74, 6) is 0.207. The third-order valence-electron chi connectivity index (χ3n) is 4.49. The predicted octanol–water partition coefficient (Wildman–Crippen LogP) is 2.46. The van der Waals surface area contributed by atoms with Crippen molar-refractivity contribution < 1.29 is 9.90 Å². The maximum Gasteiger partial charge on any atom is 0.269 e. The number of hydrogen-bond acceptors (Lipinski definition) is 3. The van der Waals surface area contributed by atoms with Crippen LogP contribution in [0, 0.1) is 5.41 Å². The van der Waals surface area contributed by atoms with Crippen LogP contribution >= 0.6 is 0 Å². The van der Waals surface area contributed by atoms with Crippen LogP contribution in [0.5, 0.6) is 0 Å². The number of aliphatic hydroxyl groups is 1. The largest absolute Gasteiger partial charge is 0.396 e. The van der Waals surface area contributed by atoms with Gasteiger partial charge in [0.2, 0.25) is 0 Å². The van der Waals surface area contributed by atoms with Gasteiger partial charge in [0.05, 0.1) is 5.69 Å². The van der Waals surface area contributed by atoms with Gasteiger partial charge in [-0.05, 0) is 36.7 Å². The summed E-state index contributed by atoms with van der Waals surface area (Å²) in [6.07, 6.45) is 2.59. The van der Waals surface area contributed by atoms with E-state index in [2.05, 4.69) is 38.1 Å². The number of amides is 1. The van der Waals surface area contributed by atoms with Crippen molar-refractivity contribution in [3.63, 3.8) is 0 Å². The van der Waals surface area contributed by atoms with Crippen molar-refractivity contribution >= 4 is 5.91 Å². The van der Waals surface area contributed by atoms with E-state index >= 15 is 0 Å². The third-order valence-corrected chi connectivity index (χ3v) is 4.49. The molecular weight excluding hydrogens is 266 g/mol. The summed E-state index contributed by atoms with van der Waals surface area (Å²) >= 11 is 0. The number of nitrogens with zero attached hydrogens (tertiary/aromatic N) is 2. The quantitative estimate of drug-likeness (QED) is 0.774. The lowest BCUT2D eigenvalue weighted by atomic mass is 9.79. The molecule has 0 aliphatic carbocycles. The van der Waals surface area contributed by atoms with Gasteiger partial charge in [-0.15, -0.1) is 0 Å². The van der Waals surface area contributed by atoms with Crippen molar-refractivity contribution in [2.75, 3.05) is 13.2 Å². The van der Waals surface area contributed by atoms with Crippen molar-refractivity contribution in [1.82, 2.24) is 15.1 Å². The highest BCUT2D eigenvalue weighted by Crippen LogP contribution is 2.29. The molecular formula is C16H29N3O2. The van der Waals surface area contributed by atoms with Crippen LogP contribution in [0.15, 0.2) is 6.07 Å². The van der Waals surface area contributed by atoms with E-state index in [0.29, 0.717) is 24.6 Å². The molecule has 0 bridgehead atoms. The minimum Gasteiger partial charge on any atom is -0.396 e. The van der Waals surface area contributed by atoms with Gasteiger partial charge in [0.1, 0.15) is 5.69 Å². The van der Waals surface area contributed by atoms with E-state index in [1.165, 1.54) is 0 Å². The first kappa shape index (κ1) is 17.7. The monoisotopic (exact) mass is 295 g/mol. The van der Waals surface area contributed by atoms with Crippen LogP contribution < -0.4 is 5.32 Å². The topological polar surface area (TPSA) is 67.2 Å². The van der Waals surface area contributed by atoms with Gasteiger partial charge in [-0.2, -0.15) is 5.10 Å². The fourth-order valence-electron chi connectivity index (χ4n) is 2.52. The molecule has 1 rings (SSSR count). The number of hydrogen-bond donors (Lipinski definition) is 2. The van der Waals surface area contributed by atoms with E-state index in [1.807, 2.05) is 6.07 Å². The Hall–Kier alpha value is -1.36. The van der Waals surface area contributed by atoms with Gasteiger partial charge in [-0.3, -0.25) is 9.48 Å². The van der Waals surface area contributed by atoms with Crippen LogP contribution in [0.2, 0.25) is 0 Å². The standard InChI is InChI=1S/C16H29N3O2/c1-6-16(7-2,8-9-20)11-17-15(21)14-10-13(12(3)4)18-19(14)5/h10,12,20H,6-9,11H2,1-5H3,(H,17,21). The number of rotatable bonds is 8. The molecule has 0 unspecified atom stereocenters. The normalized spacial score (nSPS) is 12.0. The van der Waals surface area contributed by atoms with Crippen molar-refractivity contribution in [3.8, 4) is 0 Å². The molecule has 2 N–H and O–H groups in total. The fourth-order valence-corrected chi connectivity index (χ4v) is 2.52. The molecule has 120 valence electrons. The summed E-state index contributed by atoms with van der Waals surface area (Å²) in [6.45, 7) is 9.07. The van der Waals surface area contributed by atoms with E-state index in [1.54, 1.807) is 11.7 Å². The highest BCUT2D eigenvalue weighted by atomic mass is 16.3. The van der Waals surface area contributed by atoms with E-state index < -0.39 is 0 Å². The summed E-state index contributed by atoms with van der Waals surface area (Å²) in [5.41, 5.74) is 1.49. The third kappa shape index (κ3) is 4.30. The second kappa shape index (κ2) is 7.59. The Bertz CT molecular complexity index is 462. The van der Waals surface area contributed by atoms with Gasteiger partial charge < -0.3 is 10.4 Å². The SMILES string of the molecule is CCC(CC)(CCO)CNC(=O)c1cc(C(C)C)nn1C. The van der Waals surface area contributed by atoms with Crippen LogP contribution in [-0.2, 0) is 7.05 Å². The molecule has 0 saturated carbocycles. The molecule has 0 fully saturated rings. The van der Waals surface area contributed by atoms with Gasteiger partial charge in [-0.25, -0.2) is 0 Å². The van der Waals surface area contributed by atoms with Gasteiger partial charge >= 0.3 is 0 Å². The van der Waals surface area contributed by atoms with Gasteiger partial charge in [0.15, 0.2) is 0 Å². The highest BCUT2D eigenvalue weighted by Gasteiger charge is 2.27. The lowest BCUT2D eigenvalue weighted by Gasteiger charge is -2.31. The summed E-state index contributed by atoms with van der Waals surface area (Å²) in [4.78, 5) is 12.3. The number of aromatic nitrogens is 2. The summed E-state index contributed by atoms with van der Waals surface area (Å²) in [6, 6.07) is 1.85. The average molecular weight is 295 g/mol. The minimum atomic E-state index is -0.0962. The first-order valence-electron chi connectivity index (χ1n) is 7.82. The van der Waals surface area contributed by atoms with Gasteiger partial charge in [-0.1, -0.05) is 27.7 Å². The lowest BCUT2D eigenvalue weighted by Crippen LogP contribution is -2.38. The predicted molar refractivity (Wildman–Crippen MR) is 84.3 cm³/mol. The minimum absolute atomic E-state index is 0.0239. The molecule has 0 aliphatic rings. The van der Waals surface area contributed by atoms with Crippen molar-refractivity contribution in [3.05, 3.63) is 17.5 Å². The molecule has 0 aromatic carbocycles. The Morgan fingerprint density at radius 3 is 2.48 bits per heavy atom. The zero-order valence-electron chi connectivity index (χ0n) is 13.9. The van der Waals surface area contributed by atoms with Crippen molar-refractivity contribution in [2.24, 2.45) is 12.5 Å². The zero-order valence-corrected chi connectivity index (χ0v) is 13.9. The molecule has 1 aromatic heterocycles. The van der Waals surface area contributed by atoms with Gasteiger partial charge in [0, 0.05) is 20.2 Å². The Kier molecular flexibility index (Phi) is 6.40.